The highest BCUT2D eigenvalue weighted by Gasteiger charge is 2.30. The van der Waals surface area contributed by atoms with Gasteiger partial charge in [-0.3, -0.25) is 0 Å². The van der Waals surface area contributed by atoms with Crippen LogP contribution < -0.4 is 20.9 Å². The van der Waals surface area contributed by atoms with E-state index in [2.05, 4.69) is 59.8 Å². The highest BCUT2D eigenvalue weighted by Crippen LogP contribution is 2.24. The van der Waals surface area contributed by atoms with Gasteiger partial charge in [0.15, 0.2) is 0 Å². The van der Waals surface area contributed by atoms with E-state index in [1.807, 2.05) is 27.7 Å². The van der Waals surface area contributed by atoms with E-state index in [1.165, 1.54) is 35.2 Å². The summed E-state index contributed by atoms with van der Waals surface area (Å²) in [5.41, 5.74) is 16.9. The van der Waals surface area contributed by atoms with Gasteiger partial charge in [0.2, 0.25) is 0 Å². The Morgan fingerprint density at radius 2 is 1.25 bits per heavy atom. The third-order valence-corrected chi connectivity index (χ3v) is 5.22. The maximum atomic E-state index is 12.1. The van der Waals surface area contributed by atoms with Crippen LogP contribution >= 0.6 is 12.2 Å². The molecule has 0 radical (unpaired) electrons. The zero-order chi connectivity index (χ0) is 34.5. The largest absolute Gasteiger partial charge is 0.573 e. The number of nitrogens with two attached hydrogens (primary N) is 2. The Hall–Kier alpha value is -4.25. The van der Waals surface area contributed by atoms with Crippen LogP contribution in [0.15, 0.2) is 70.6 Å². The van der Waals surface area contributed by atoms with E-state index in [4.69, 9.17) is 21.6 Å². The molecule has 0 amide bonds. The molecule has 0 spiro atoms. The molecule has 0 aliphatic carbocycles. The van der Waals surface area contributed by atoms with Crippen LogP contribution in [0.3, 0.4) is 0 Å². The van der Waals surface area contributed by atoms with E-state index in [1.54, 1.807) is 45.2 Å². The normalized spacial score (nSPS) is 10.3. The van der Waals surface area contributed by atoms with Gasteiger partial charge >= 0.3 is 6.36 Å². The van der Waals surface area contributed by atoms with Crippen molar-refractivity contribution in [1.82, 2.24) is 0 Å². The van der Waals surface area contributed by atoms with Gasteiger partial charge in [-0.25, -0.2) is 9.98 Å². The topological polar surface area (TPSA) is 119 Å². The lowest BCUT2D eigenvalue weighted by Gasteiger charge is -2.08. The Morgan fingerprint density at radius 1 is 0.818 bits per heavy atom. The van der Waals surface area contributed by atoms with Gasteiger partial charge in [-0.05, 0) is 93.3 Å². The van der Waals surface area contributed by atoms with Gasteiger partial charge in [-0.1, -0.05) is 64.2 Å². The van der Waals surface area contributed by atoms with E-state index in [0.29, 0.717) is 22.0 Å². The molecule has 242 valence electrons. The molecule has 3 aromatic carbocycles. The molecular weight excluding hydrogens is 587 g/mol. The number of thiocarbonyl (C=S) groups is 1. The van der Waals surface area contributed by atoms with Crippen molar-refractivity contribution >= 4 is 40.8 Å². The van der Waals surface area contributed by atoms with Crippen LogP contribution in [0.1, 0.15) is 69.4 Å². The van der Waals surface area contributed by atoms with Crippen LogP contribution in [-0.2, 0) is 0 Å². The van der Waals surface area contributed by atoms with Crippen LogP contribution in [0.5, 0.6) is 11.5 Å². The quantitative estimate of drug-likeness (QED) is 0.142. The SMILES string of the molecule is CC.CC.CC(=N)c1ccc(C(N)=NC=Nc2ccc(OC(F)(F)F)cc2)cc1.CC(N)=S.COc1cc(C)c(C)c(C)c1. The lowest BCUT2D eigenvalue weighted by atomic mass is 10.0. The molecule has 0 aliphatic heterocycles. The van der Waals surface area contributed by atoms with E-state index >= 15 is 0 Å². The number of alkyl halides is 3. The monoisotopic (exact) mass is 633 g/mol. The van der Waals surface area contributed by atoms with E-state index in [0.717, 1.165) is 23.4 Å². The Bertz CT molecular complexity index is 1310. The molecule has 0 aromatic heterocycles. The number of hydrogen-bond acceptors (Lipinski definition) is 5. The average Bonchev–Trinajstić information content (AvgIpc) is 2.98. The van der Waals surface area contributed by atoms with Gasteiger partial charge < -0.3 is 26.4 Å². The van der Waals surface area contributed by atoms with Crippen molar-refractivity contribution in [2.75, 3.05) is 7.11 Å². The minimum absolute atomic E-state index is 0.231. The van der Waals surface area contributed by atoms with Crippen LogP contribution in [0.4, 0.5) is 18.9 Å². The van der Waals surface area contributed by atoms with E-state index in [9.17, 15) is 13.2 Å². The average molecular weight is 634 g/mol. The third kappa shape index (κ3) is 18.3. The second kappa shape index (κ2) is 22.3. The fourth-order valence-corrected chi connectivity index (χ4v) is 2.97. The minimum Gasteiger partial charge on any atom is -0.497 e. The molecule has 0 aliphatic rings. The van der Waals surface area contributed by atoms with Crippen LogP contribution in [0, 0.1) is 26.2 Å². The fourth-order valence-electron chi connectivity index (χ4n) is 2.97. The second-order valence-corrected chi connectivity index (χ2v) is 9.14. The number of methoxy groups -OCH3 is 1. The number of hydrogen-bond donors (Lipinski definition) is 3. The number of amidine groups is 1. The second-order valence-electron chi connectivity index (χ2n) is 8.50. The van der Waals surface area contributed by atoms with Gasteiger partial charge in [-0.2, -0.15) is 0 Å². The summed E-state index contributed by atoms with van der Waals surface area (Å²) in [6, 6.07) is 16.2. The predicted molar refractivity (Wildman–Crippen MR) is 183 cm³/mol. The minimum atomic E-state index is -4.73. The zero-order valence-corrected chi connectivity index (χ0v) is 28.1. The number of nitrogens with zero attached hydrogens (tertiary/aromatic N) is 2. The first-order valence-electron chi connectivity index (χ1n) is 13.9. The molecule has 0 unspecified atom stereocenters. The molecule has 0 bridgehead atoms. The molecular formula is C33H46F3N5O2S. The Balaban J connectivity index is 0. The van der Waals surface area contributed by atoms with Crippen molar-refractivity contribution in [3.8, 4) is 11.5 Å². The first-order valence-corrected chi connectivity index (χ1v) is 14.3. The maximum Gasteiger partial charge on any atom is 0.573 e. The van der Waals surface area contributed by atoms with Gasteiger partial charge in [0.25, 0.3) is 0 Å². The first-order chi connectivity index (χ1) is 20.6. The van der Waals surface area contributed by atoms with Crippen molar-refractivity contribution in [2.45, 2.75) is 68.7 Å². The van der Waals surface area contributed by atoms with Crippen LogP contribution in [0.2, 0.25) is 0 Å². The number of benzene rings is 3. The zero-order valence-electron chi connectivity index (χ0n) is 27.3. The number of aryl methyl sites for hydroxylation is 2. The third-order valence-electron chi connectivity index (χ3n) is 5.22. The highest BCUT2D eigenvalue weighted by atomic mass is 32.1. The molecule has 5 N–H and O–H groups in total. The molecule has 7 nitrogen and oxygen atoms in total. The number of aliphatic imine (C=N–C) groups is 2. The summed E-state index contributed by atoms with van der Waals surface area (Å²) in [5.74, 6) is 0.858. The number of rotatable bonds is 6. The Labute approximate surface area is 265 Å². The van der Waals surface area contributed by atoms with Crippen LogP contribution in [0.25, 0.3) is 0 Å². The van der Waals surface area contributed by atoms with Gasteiger partial charge in [0.05, 0.1) is 17.8 Å². The standard InChI is InChI=1S/C17H15F3N4O.C10H14O.C2H5NS.2C2H6/c1-11(21)12-2-4-13(5-3-12)16(22)24-10-23-14-6-8-15(9-7-14)25-17(18,19)20;1-7-5-10(11-4)6-8(2)9(7)3;1-2(3)4;2*1-2/h2-10,21H,1H3,(H2,22,23,24);5-6H,1-4H3;1H3,(H2,3,4);2*1-2H3. The summed E-state index contributed by atoms with van der Waals surface area (Å²) in [5, 5.41) is 7.53. The molecule has 11 heteroatoms. The maximum absolute atomic E-state index is 12.1. The molecule has 0 saturated carbocycles. The number of halogens is 3. The smallest absolute Gasteiger partial charge is 0.497 e. The molecule has 0 saturated heterocycles. The van der Waals surface area contributed by atoms with Crippen molar-refractivity contribution in [3.63, 3.8) is 0 Å². The van der Waals surface area contributed by atoms with Gasteiger partial charge in [0.1, 0.15) is 23.7 Å². The number of nitrogens with one attached hydrogen (secondary N) is 1. The summed E-state index contributed by atoms with van der Waals surface area (Å²) in [6.07, 6.45) is -3.51. The van der Waals surface area contributed by atoms with Gasteiger partial charge in [0, 0.05) is 11.3 Å². The summed E-state index contributed by atoms with van der Waals surface area (Å²) in [6.45, 7) is 17.7. The summed E-state index contributed by atoms with van der Waals surface area (Å²) < 4.78 is 45.1. The Kier molecular flexibility index (Phi) is 21.2. The Morgan fingerprint density at radius 3 is 1.64 bits per heavy atom. The summed E-state index contributed by atoms with van der Waals surface area (Å²) in [7, 11) is 1.70. The first kappa shape index (κ1) is 41.9. The van der Waals surface area contributed by atoms with Gasteiger partial charge in [-0.15, -0.1) is 13.2 Å². The lowest BCUT2D eigenvalue weighted by molar-refractivity contribution is -0.274. The molecule has 0 fully saturated rings. The van der Waals surface area contributed by atoms with Crippen molar-refractivity contribution < 1.29 is 22.6 Å². The fraction of sp³-hybridized carbons (Fsp3) is 0.333. The molecule has 0 heterocycles. The van der Waals surface area contributed by atoms with E-state index in [-0.39, 0.29) is 11.6 Å². The summed E-state index contributed by atoms with van der Waals surface area (Å²) in [4.78, 5) is 8.48. The molecule has 3 aromatic rings. The molecule has 0 atom stereocenters. The van der Waals surface area contributed by atoms with Crippen molar-refractivity contribution in [2.24, 2.45) is 21.5 Å². The molecule has 44 heavy (non-hydrogen) atoms. The summed E-state index contributed by atoms with van der Waals surface area (Å²) >= 11 is 4.31. The van der Waals surface area contributed by atoms with Crippen molar-refractivity contribution in [3.05, 3.63) is 88.5 Å². The van der Waals surface area contributed by atoms with Crippen molar-refractivity contribution in [1.29, 1.82) is 5.41 Å². The van der Waals surface area contributed by atoms with Crippen LogP contribution in [-0.4, -0.2) is 36.3 Å². The number of ether oxygens (including phenoxy) is 2. The van der Waals surface area contributed by atoms with E-state index < -0.39 is 6.36 Å². The highest BCUT2D eigenvalue weighted by molar-refractivity contribution is 7.80. The molecule has 3 rings (SSSR count). The lowest BCUT2D eigenvalue weighted by Crippen LogP contribution is -2.16. The predicted octanol–water partition coefficient (Wildman–Crippen LogP) is 9.00.